The third-order valence-corrected chi connectivity index (χ3v) is 3.05. The average molecular weight is 334 g/mol. The van der Waals surface area contributed by atoms with Crippen molar-refractivity contribution in [1.82, 2.24) is 10.6 Å². The highest BCUT2D eigenvalue weighted by Gasteiger charge is 2.26. The van der Waals surface area contributed by atoms with Gasteiger partial charge in [0.1, 0.15) is 11.9 Å². The number of nitrogens with one attached hydrogen (secondary N) is 2. The Morgan fingerprint density at radius 3 is 2.42 bits per heavy atom. The van der Waals surface area contributed by atoms with Crippen molar-refractivity contribution in [2.24, 2.45) is 5.92 Å². The van der Waals surface area contributed by atoms with Crippen LogP contribution in [0.15, 0.2) is 24.3 Å². The molecule has 1 atom stereocenters. The first-order valence-electron chi connectivity index (χ1n) is 7.28. The number of hydrogen-bond donors (Lipinski definition) is 2. The second-order valence-corrected chi connectivity index (χ2v) is 5.29. The molecule has 24 heavy (non-hydrogen) atoms. The standard InChI is InChI=1S/C17H19FN2O4/c1-4-9-19-14(21)10-24-17(23)15(11(2)3)20-16(22)12-5-7-13(18)8-6-12/h1,5-8,11,15H,9-10H2,2-3H3,(H,19,21)(H,20,22)/t15-/m0/s1. The molecule has 0 spiro atoms. The summed E-state index contributed by atoms with van der Waals surface area (Å²) in [6.45, 7) is 2.98. The number of carbonyl (C=O) groups is 3. The molecule has 0 unspecified atom stereocenters. The molecule has 0 saturated heterocycles. The maximum atomic E-state index is 12.9. The minimum Gasteiger partial charge on any atom is -0.454 e. The van der Waals surface area contributed by atoms with Crippen LogP contribution in [0.5, 0.6) is 0 Å². The number of terminal acetylenes is 1. The molecule has 6 nitrogen and oxygen atoms in total. The summed E-state index contributed by atoms with van der Waals surface area (Å²) in [6, 6.07) is 3.96. The maximum absolute atomic E-state index is 12.9. The summed E-state index contributed by atoms with van der Waals surface area (Å²) < 4.78 is 17.8. The predicted molar refractivity (Wildman–Crippen MR) is 85.3 cm³/mol. The third kappa shape index (κ3) is 6.08. The van der Waals surface area contributed by atoms with E-state index in [0.29, 0.717) is 0 Å². The van der Waals surface area contributed by atoms with Crippen molar-refractivity contribution >= 4 is 17.8 Å². The van der Waals surface area contributed by atoms with Crippen molar-refractivity contribution in [2.75, 3.05) is 13.2 Å². The van der Waals surface area contributed by atoms with Crippen LogP contribution in [-0.2, 0) is 14.3 Å². The molecule has 0 bridgehead atoms. The fourth-order valence-corrected chi connectivity index (χ4v) is 1.75. The molecular formula is C17H19FN2O4. The van der Waals surface area contributed by atoms with Gasteiger partial charge in [-0.3, -0.25) is 9.59 Å². The van der Waals surface area contributed by atoms with E-state index in [9.17, 15) is 18.8 Å². The van der Waals surface area contributed by atoms with Crippen molar-refractivity contribution < 1.29 is 23.5 Å². The Morgan fingerprint density at radius 1 is 1.25 bits per heavy atom. The molecule has 1 rings (SSSR count). The van der Waals surface area contributed by atoms with Gasteiger partial charge in [-0.05, 0) is 30.2 Å². The smallest absolute Gasteiger partial charge is 0.329 e. The molecule has 0 aliphatic rings. The number of ether oxygens (including phenoxy) is 1. The number of amides is 2. The molecule has 0 heterocycles. The summed E-state index contributed by atoms with van der Waals surface area (Å²) in [5, 5.41) is 4.87. The van der Waals surface area contributed by atoms with E-state index >= 15 is 0 Å². The molecule has 1 aromatic carbocycles. The van der Waals surface area contributed by atoms with Crippen LogP contribution in [0.1, 0.15) is 24.2 Å². The van der Waals surface area contributed by atoms with Crippen molar-refractivity contribution in [1.29, 1.82) is 0 Å². The Bertz CT molecular complexity index is 635. The Labute approximate surface area is 139 Å². The van der Waals surface area contributed by atoms with Gasteiger partial charge in [0.05, 0.1) is 6.54 Å². The molecule has 128 valence electrons. The van der Waals surface area contributed by atoms with Crippen LogP contribution >= 0.6 is 0 Å². The second kappa shape index (κ2) is 9.30. The number of esters is 1. The Morgan fingerprint density at radius 2 is 1.88 bits per heavy atom. The van der Waals surface area contributed by atoms with Gasteiger partial charge in [0.2, 0.25) is 0 Å². The van der Waals surface area contributed by atoms with Crippen molar-refractivity contribution in [3.63, 3.8) is 0 Å². The third-order valence-electron chi connectivity index (χ3n) is 3.05. The summed E-state index contributed by atoms with van der Waals surface area (Å²) in [4.78, 5) is 35.5. The van der Waals surface area contributed by atoms with E-state index < -0.39 is 36.2 Å². The van der Waals surface area contributed by atoms with Crippen LogP contribution in [0.2, 0.25) is 0 Å². The zero-order valence-corrected chi connectivity index (χ0v) is 13.5. The summed E-state index contributed by atoms with van der Waals surface area (Å²) in [6.07, 6.45) is 5.00. The minimum absolute atomic E-state index is 0.0330. The monoisotopic (exact) mass is 334 g/mol. The number of rotatable bonds is 7. The summed E-state index contributed by atoms with van der Waals surface area (Å²) in [7, 11) is 0. The normalized spacial score (nSPS) is 11.3. The lowest BCUT2D eigenvalue weighted by Gasteiger charge is -2.20. The molecule has 0 aliphatic heterocycles. The van der Waals surface area contributed by atoms with E-state index in [2.05, 4.69) is 16.6 Å². The summed E-state index contributed by atoms with van der Waals surface area (Å²) in [5.74, 6) is -0.329. The highest BCUT2D eigenvalue weighted by atomic mass is 19.1. The molecule has 0 radical (unpaired) electrons. The lowest BCUT2D eigenvalue weighted by molar-refractivity contribution is -0.151. The highest BCUT2D eigenvalue weighted by molar-refractivity contribution is 5.97. The molecule has 0 aliphatic carbocycles. The zero-order valence-electron chi connectivity index (χ0n) is 13.5. The fraction of sp³-hybridized carbons (Fsp3) is 0.353. The first-order chi connectivity index (χ1) is 11.3. The van der Waals surface area contributed by atoms with E-state index in [4.69, 9.17) is 11.2 Å². The van der Waals surface area contributed by atoms with Gasteiger partial charge < -0.3 is 15.4 Å². The molecule has 2 amide bonds. The van der Waals surface area contributed by atoms with Crippen LogP contribution in [0.25, 0.3) is 0 Å². The Hall–Kier alpha value is -2.88. The molecular weight excluding hydrogens is 315 g/mol. The molecule has 7 heteroatoms. The number of benzene rings is 1. The molecule has 2 N–H and O–H groups in total. The quantitative estimate of drug-likeness (QED) is 0.572. The highest BCUT2D eigenvalue weighted by Crippen LogP contribution is 2.08. The van der Waals surface area contributed by atoms with Crippen molar-refractivity contribution in [3.05, 3.63) is 35.6 Å². The second-order valence-electron chi connectivity index (χ2n) is 5.29. The van der Waals surface area contributed by atoms with Crippen LogP contribution in [0.3, 0.4) is 0 Å². The molecule has 0 saturated carbocycles. The summed E-state index contributed by atoms with van der Waals surface area (Å²) >= 11 is 0. The first-order valence-corrected chi connectivity index (χ1v) is 7.28. The summed E-state index contributed by atoms with van der Waals surface area (Å²) in [5.41, 5.74) is 0.210. The first kappa shape index (κ1) is 19.2. The van der Waals surface area contributed by atoms with Gasteiger partial charge in [-0.15, -0.1) is 6.42 Å². The lowest BCUT2D eigenvalue weighted by atomic mass is 10.0. The largest absolute Gasteiger partial charge is 0.454 e. The molecule has 1 aromatic rings. The number of carbonyl (C=O) groups excluding carboxylic acids is 3. The minimum atomic E-state index is -0.942. The number of halogens is 1. The Balaban J connectivity index is 2.64. The average Bonchev–Trinajstić information content (AvgIpc) is 2.55. The van der Waals surface area contributed by atoms with Crippen LogP contribution < -0.4 is 10.6 Å². The van der Waals surface area contributed by atoms with Gasteiger partial charge in [-0.25, -0.2) is 9.18 Å². The van der Waals surface area contributed by atoms with E-state index in [0.717, 1.165) is 12.1 Å². The molecule has 0 fully saturated rings. The van der Waals surface area contributed by atoms with Gasteiger partial charge in [-0.2, -0.15) is 0 Å². The van der Waals surface area contributed by atoms with Crippen molar-refractivity contribution in [2.45, 2.75) is 19.9 Å². The Kier molecular flexibility index (Phi) is 7.43. The number of hydrogen-bond acceptors (Lipinski definition) is 4. The topological polar surface area (TPSA) is 84.5 Å². The fourth-order valence-electron chi connectivity index (χ4n) is 1.75. The van der Waals surface area contributed by atoms with Gasteiger partial charge in [0.15, 0.2) is 6.61 Å². The van der Waals surface area contributed by atoms with Gasteiger partial charge in [-0.1, -0.05) is 19.8 Å². The van der Waals surface area contributed by atoms with Crippen LogP contribution in [0.4, 0.5) is 4.39 Å². The predicted octanol–water partition coefficient (Wildman–Crippen LogP) is 0.873. The van der Waals surface area contributed by atoms with Crippen LogP contribution in [0, 0.1) is 24.1 Å². The van der Waals surface area contributed by atoms with Crippen molar-refractivity contribution in [3.8, 4) is 12.3 Å². The molecule has 0 aromatic heterocycles. The van der Waals surface area contributed by atoms with Gasteiger partial charge in [0.25, 0.3) is 11.8 Å². The van der Waals surface area contributed by atoms with E-state index in [1.807, 2.05) is 0 Å². The van der Waals surface area contributed by atoms with E-state index in [1.165, 1.54) is 12.1 Å². The van der Waals surface area contributed by atoms with E-state index in [-0.39, 0.29) is 18.0 Å². The van der Waals surface area contributed by atoms with E-state index in [1.54, 1.807) is 13.8 Å². The lowest BCUT2D eigenvalue weighted by Crippen LogP contribution is -2.46. The SMILES string of the molecule is C#CCNC(=O)COC(=O)[C@@H](NC(=O)c1ccc(F)cc1)C(C)C. The maximum Gasteiger partial charge on any atom is 0.329 e. The van der Waals surface area contributed by atoms with Gasteiger partial charge in [0, 0.05) is 5.56 Å². The van der Waals surface area contributed by atoms with Crippen LogP contribution in [-0.4, -0.2) is 37.0 Å². The van der Waals surface area contributed by atoms with Gasteiger partial charge >= 0.3 is 5.97 Å². The zero-order chi connectivity index (χ0) is 18.1.